The quantitative estimate of drug-likeness (QED) is 0.452. The number of hydrogen-bond acceptors (Lipinski definition) is 4. The van der Waals surface area contributed by atoms with Gasteiger partial charge in [-0.05, 0) is 26.2 Å². The summed E-state index contributed by atoms with van der Waals surface area (Å²) in [5.74, 6) is 3.25. The average Bonchev–Trinajstić information content (AvgIpc) is 2.65. The lowest BCUT2D eigenvalue weighted by Gasteiger charge is -2.54. The molecule has 0 amide bonds. The highest BCUT2D eigenvalue weighted by atomic mass is 28.4. The van der Waals surface area contributed by atoms with Crippen molar-refractivity contribution in [2.45, 2.75) is 51.9 Å². The molecular formula is C18H36N6Si2+2. The zero-order valence-electron chi connectivity index (χ0n) is 17.2. The van der Waals surface area contributed by atoms with Gasteiger partial charge in [-0.2, -0.15) is 0 Å². The summed E-state index contributed by atoms with van der Waals surface area (Å²) in [7, 11) is -3.49. The summed E-state index contributed by atoms with van der Waals surface area (Å²) in [4.78, 5) is 0. The molecule has 5 aliphatic rings. The minimum absolute atomic E-state index is 1.26. The van der Waals surface area contributed by atoms with E-state index in [0.717, 1.165) is 0 Å². The summed E-state index contributed by atoms with van der Waals surface area (Å²) in [6.45, 7) is 20.5. The molecule has 1 saturated heterocycles. The van der Waals surface area contributed by atoms with Crippen LogP contribution in [0.25, 0.3) is 0 Å². The topological polar surface area (TPSA) is 19.0 Å². The second-order valence-electron chi connectivity index (χ2n) is 9.58. The van der Waals surface area contributed by atoms with E-state index in [9.17, 15) is 0 Å². The zero-order valence-corrected chi connectivity index (χ0v) is 19.2. The van der Waals surface area contributed by atoms with Gasteiger partial charge < -0.3 is 0 Å². The molecule has 0 aromatic rings. The van der Waals surface area contributed by atoms with Crippen LogP contribution in [0.3, 0.4) is 0 Å². The minimum atomic E-state index is -1.74. The van der Waals surface area contributed by atoms with Crippen molar-refractivity contribution in [3.63, 3.8) is 0 Å². The Labute approximate surface area is 160 Å². The van der Waals surface area contributed by atoms with Crippen LogP contribution in [0.4, 0.5) is 0 Å². The highest BCUT2D eigenvalue weighted by Crippen LogP contribution is 2.34. The number of hydrogen-bond donors (Lipinski definition) is 0. The van der Waals surface area contributed by atoms with Crippen molar-refractivity contribution < 1.29 is 9.15 Å². The summed E-state index contributed by atoms with van der Waals surface area (Å²) >= 11 is 0. The molecule has 144 valence electrons. The fourth-order valence-corrected chi connectivity index (χ4v) is 12.7. The summed E-state index contributed by atoms with van der Waals surface area (Å²) in [5.41, 5.74) is 0. The fraction of sp³-hybridized carbons (Fsp3) is 0.889. The van der Waals surface area contributed by atoms with Crippen molar-refractivity contribution in [2.75, 3.05) is 52.4 Å². The number of nitrogens with zero attached hydrogens (tertiary/aromatic N) is 6. The van der Waals surface area contributed by atoms with Crippen molar-refractivity contribution in [3.8, 4) is 0 Å². The van der Waals surface area contributed by atoms with Gasteiger partial charge in [-0.15, -0.1) is 0 Å². The normalized spacial score (nSPS) is 30.0. The van der Waals surface area contributed by atoms with Gasteiger partial charge in [0.15, 0.2) is 0 Å². The predicted octanol–water partition coefficient (Wildman–Crippen LogP) is 0.963. The second kappa shape index (κ2) is 5.73. The first-order chi connectivity index (χ1) is 12.4. The third kappa shape index (κ3) is 2.20. The molecule has 0 aromatic heterocycles. The molecule has 0 N–H and O–H groups in total. The van der Waals surface area contributed by atoms with Gasteiger partial charge in [-0.3, -0.25) is 27.4 Å². The van der Waals surface area contributed by atoms with Crippen molar-refractivity contribution in [1.29, 1.82) is 0 Å². The molecule has 8 heteroatoms. The van der Waals surface area contributed by atoms with Crippen LogP contribution in [0.1, 0.15) is 25.7 Å². The van der Waals surface area contributed by atoms with Gasteiger partial charge in [0.05, 0.1) is 52.4 Å². The van der Waals surface area contributed by atoms with Crippen molar-refractivity contribution in [1.82, 2.24) is 18.3 Å². The molecule has 0 spiro atoms. The van der Waals surface area contributed by atoms with E-state index >= 15 is 0 Å². The Morgan fingerprint density at radius 1 is 0.538 bits per heavy atom. The molecule has 1 fully saturated rings. The van der Waals surface area contributed by atoms with Crippen molar-refractivity contribution in [2.24, 2.45) is 0 Å². The lowest BCUT2D eigenvalue weighted by Crippen LogP contribution is -2.83. The SMILES string of the molecule is C[Si]1(C)N2CCC[N+]3=C2N(CCC3)[Si](C)(C)N2CCC[N+]3=C2N1CCC3. The summed E-state index contributed by atoms with van der Waals surface area (Å²) in [6.07, 6.45) is 5.30. The van der Waals surface area contributed by atoms with Crippen LogP contribution >= 0.6 is 0 Å². The van der Waals surface area contributed by atoms with Gasteiger partial charge in [0, 0.05) is 25.7 Å². The van der Waals surface area contributed by atoms with Crippen LogP contribution in [0.2, 0.25) is 26.2 Å². The van der Waals surface area contributed by atoms with Crippen LogP contribution in [0.15, 0.2) is 0 Å². The molecule has 0 bridgehead atoms. The van der Waals surface area contributed by atoms with Gasteiger partial charge in [0.25, 0.3) is 0 Å². The lowest BCUT2D eigenvalue weighted by molar-refractivity contribution is -0.550. The number of rotatable bonds is 0. The van der Waals surface area contributed by atoms with E-state index in [1.807, 2.05) is 0 Å². The Bertz CT molecular complexity index is 579. The van der Waals surface area contributed by atoms with E-state index in [0.29, 0.717) is 0 Å². The van der Waals surface area contributed by atoms with Gasteiger partial charge in [-0.1, -0.05) is 0 Å². The average molecular weight is 393 g/mol. The summed E-state index contributed by atoms with van der Waals surface area (Å²) in [5, 5.41) is 0. The first-order valence-electron chi connectivity index (χ1n) is 10.8. The van der Waals surface area contributed by atoms with E-state index < -0.39 is 16.8 Å². The van der Waals surface area contributed by atoms with Gasteiger partial charge in [-0.25, -0.2) is 0 Å². The van der Waals surface area contributed by atoms with Gasteiger partial charge in [0.2, 0.25) is 0 Å². The maximum Gasteiger partial charge on any atom is 0.404 e. The van der Waals surface area contributed by atoms with E-state index in [1.165, 1.54) is 78.0 Å². The molecular weight excluding hydrogens is 356 g/mol. The molecule has 0 unspecified atom stereocenters. The molecule has 0 aromatic carbocycles. The fourth-order valence-electron chi connectivity index (χ4n) is 6.04. The molecule has 5 aliphatic heterocycles. The molecule has 5 heterocycles. The standard InChI is InChI=1S/C18H36N6Si2/c1-25(2)21-13-5-9-19-11-7-15-23(17(19)21)26(3,4)24-16-8-12-20-10-6-14-22(25)18(20)24/h5-16H2,1-4H3/q+2. The van der Waals surface area contributed by atoms with Crippen molar-refractivity contribution >= 4 is 28.7 Å². The predicted molar refractivity (Wildman–Crippen MR) is 110 cm³/mol. The molecule has 0 aliphatic carbocycles. The van der Waals surface area contributed by atoms with Gasteiger partial charge in [0.1, 0.15) is 0 Å². The van der Waals surface area contributed by atoms with Crippen LogP contribution in [0, 0.1) is 0 Å². The Morgan fingerprint density at radius 2 is 0.808 bits per heavy atom. The third-order valence-electron chi connectivity index (χ3n) is 7.41. The Morgan fingerprint density at radius 3 is 1.08 bits per heavy atom. The maximum atomic E-state index is 2.91. The molecule has 0 atom stereocenters. The van der Waals surface area contributed by atoms with Crippen LogP contribution in [-0.2, 0) is 0 Å². The molecule has 5 rings (SSSR count). The van der Waals surface area contributed by atoms with E-state index in [4.69, 9.17) is 0 Å². The highest BCUT2D eigenvalue weighted by molar-refractivity contribution is 6.81. The monoisotopic (exact) mass is 392 g/mol. The van der Waals surface area contributed by atoms with E-state index in [1.54, 1.807) is 11.9 Å². The van der Waals surface area contributed by atoms with Crippen molar-refractivity contribution in [3.05, 3.63) is 0 Å². The largest absolute Gasteiger partial charge is 0.404 e. The van der Waals surface area contributed by atoms with Crippen LogP contribution in [0.5, 0.6) is 0 Å². The first kappa shape index (κ1) is 17.1. The van der Waals surface area contributed by atoms with Crippen LogP contribution < -0.4 is 0 Å². The Hall–Kier alpha value is -1.03. The maximum absolute atomic E-state index is 2.91. The minimum Gasteiger partial charge on any atom is -0.277 e. The summed E-state index contributed by atoms with van der Waals surface area (Å²) in [6, 6.07) is 0. The van der Waals surface area contributed by atoms with Gasteiger partial charge >= 0.3 is 28.7 Å². The highest BCUT2D eigenvalue weighted by Gasteiger charge is 2.64. The number of guanidine groups is 2. The molecule has 0 radical (unpaired) electrons. The third-order valence-corrected chi connectivity index (χ3v) is 14.4. The molecule has 26 heavy (non-hydrogen) atoms. The smallest absolute Gasteiger partial charge is 0.277 e. The lowest BCUT2D eigenvalue weighted by atomic mass is 10.3. The Kier molecular flexibility index (Phi) is 3.77. The Balaban J connectivity index is 1.75. The van der Waals surface area contributed by atoms with Crippen LogP contribution in [-0.4, -0.2) is 108 Å². The molecule has 6 nitrogen and oxygen atoms in total. The molecule has 0 saturated carbocycles. The summed E-state index contributed by atoms with van der Waals surface area (Å²) < 4.78 is 17.1. The van der Waals surface area contributed by atoms with E-state index in [-0.39, 0.29) is 0 Å². The zero-order chi connectivity index (χ0) is 18.1. The second-order valence-corrected chi connectivity index (χ2v) is 17.7. The first-order valence-corrected chi connectivity index (χ1v) is 16.6. The van der Waals surface area contributed by atoms with E-state index in [2.05, 4.69) is 53.6 Å².